The monoisotopic (exact) mass is 291 g/mol. The van der Waals surface area contributed by atoms with Gasteiger partial charge in [0.1, 0.15) is 12.4 Å². The molecular weight excluding hydrogens is 273 g/mol. The predicted molar refractivity (Wildman–Crippen MR) is 76.3 cm³/mol. The number of benzene rings is 1. The van der Waals surface area contributed by atoms with Gasteiger partial charge < -0.3 is 5.32 Å². The third-order valence-corrected chi connectivity index (χ3v) is 2.95. The van der Waals surface area contributed by atoms with Crippen molar-refractivity contribution < 1.29 is 9.18 Å². The third-order valence-electron chi connectivity index (χ3n) is 2.95. The number of anilines is 1. The van der Waals surface area contributed by atoms with Crippen LogP contribution in [0.2, 0.25) is 0 Å². The van der Waals surface area contributed by atoms with Gasteiger partial charge in [0.2, 0.25) is 5.91 Å². The lowest BCUT2D eigenvalue weighted by atomic mass is 9.96. The Kier molecular flexibility index (Phi) is 4.02. The van der Waals surface area contributed by atoms with Crippen LogP contribution >= 0.6 is 0 Å². The van der Waals surface area contributed by atoms with Crippen molar-refractivity contribution in [2.75, 3.05) is 5.32 Å². The number of aromatic nitrogens is 4. The van der Waals surface area contributed by atoms with Crippen molar-refractivity contribution in [2.24, 2.45) is 0 Å². The van der Waals surface area contributed by atoms with Gasteiger partial charge in [0, 0.05) is 11.1 Å². The standard InChI is InChI=1S/C14H18FN5O/c1-9-5-6-10(7-11(9)15)16-12(21)8-20-13(14(2,3)4)17-18-19-20/h5-7H,8H2,1-4H3,(H,16,21). The molecule has 1 N–H and O–H groups in total. The van der Waals surface area contributed by atoms with E-state index >= 15 is 0 Å². The SMILES string of the molecule is Cc1ccc(NC(=O)Cn2nnnc2C(C)(C)C)cc1F. The lowest BCUT2D eigenvalue weighted by Gasteiger charge is -2.16. The number of carbonyl (C=O) groups excluding carboxylic acids is 1. The van der Waals surface area contributed by atoms with Crippen LogP contribution in [0.5, 0.6) is 0 Å². The second-order valence-electron chi connectivity index (χ2n) is 5.92. The second kappa shape index (κ2) is 5.59. The highest BCUT2D eigenvalue weighted by atomic mass is 19.1. The number of hydrogen-bond acceptors (Lipinski definition) is 4. The van der Waals surface area contributed by atoms with Gasteiger partial charge in [-0.15, -0.1) is 5.10 Å². The molecule has 112 valence electrons. The first kappa shape index (κ1) is 15.1. The quantitative estimate of drug-likeness (QED) is 0.939. The van der Waals surface area contributed by atoms with E-state index in [0.29, 0.717) is 17.1 Å². The van der Waals surface area contributed by atoms with Crippen molar-refractivity contribution >= 4 is 11.6 Å². The molecule has 2 aromatic rings. The number of aryl methyl sites for hydroxylation is 1. The number of nitrogens with zero attached hydrogens (tertiary/aromatic N) is 4. The summed E-state index contributed by atoms with van der Waals surface area (Å²) in [5, 5.41) is 14.0. The topological polar surface area (TPSA) is 72.7 Å². The molecule has 7 heteroatoms. The van der Waals surface area contributed by atoms with Gasteiger partial charge in [0.05, 0.1) is 0 Å². The average Bonchev–Trinajstić information content (AvgIpc) is 2.81. The van der Waals surface area contributed by atoms with Crippen molar-refractivity contribution in [2.45, 2.75) is 39.7 Å². The van der Waals surface area contributed by atoms with Crippen LogP contribution in [0, 0.1) is 12.7 Å². The molecule has 2 rings (SSSR count). The first-order valence-electron chi connectivity index (χ1n) is 6.60. The van der Waals surface area contributed by atoms with Gasteiger partial charge in [-0.3, -0.25) is 4.79 Å². The van der Waals surface area contributed by atoms with Crippen LogP contribution in [0.1, 0.15) is 32.2 Å². The Morgan fingerprint density at radius 2 is 2.10 bits per heavy atom. The third kappa shape index (κ3) is 3.62. The minimum Gasteiger partial charge on any atom is -0.324 e. The van der Waals surface area contributed by atoms with Crippen LogP contribution in [-0.2, 0) is 16.8 Å². The van der Waals surface area contributed by atoms with Gasteiger partial charge in [-0.2, -0.15) is 0 Å². The summed E-state index contributed by atoms with van der Waals surface area (Å²) < 4.78 is 14.9. The molecule has 0 bridgehead atoms. The molecule has 0 saturated carbocycles. The largest absolute Gasteiger partial charge is 0.324 e. The zero-order chi connectivity index (χ0) is 15.6. The van der Waals surface area contributed by atoms with Gasteiger partial charge in [-0.1, -0.05) is 26.8 Å². The van der Waals surface area contributed by atoms with Crippen molar-refractivity contribution in [3.8, 4) is 0 Å². The Bertz CT molecular complexity index is 660. The number of rotatable bonds is 3. The molecular formula is C14H18FN5O. The molecule has 0 saturated heterocycles. The van der Waals surface area contributed by atoms with Crippen LogP contribution in [0.15, 0.2) is 18.2 Å². The van der Waals surface area contributed by atoms with Gasteiger partial charge in [-0.05, 0) is 35.0 Å². The van der Waals surface area contributed by atoms with E-state index in [9.17, 15) is 9.18 Å². The molecule has 0 atom stereocenters. The molecule has 1 amide bonds. The summed E-state index contributed by atoms with van der Waals surface area (Å²) in [6, 6.07) is 4.56. The van der Waals surface area contributed by atoms with Crippen molar-refractivity contribution in [1.29, 1.82) is 0 Å². The number of carbonyl (C=O) groups is 1. The van der Waals surface area contributed by atoms with Crippen LogP contribution in [0.25, 0.3) is 0 Å². The Hall–Kier alpha value is -2.31. The molecule has 0 aliphatic rings. The lowest BCUT2D eigenvalue weighted by Crippen LogP contribution is -2.25. The number of nitrogens with one attached hydrogen (secondary N) is 1. The Morgan fingerprint density at radius 1 is 1.38 bits per heavy atom. The summed E-state index contributed by atoms with van der Waals surface area (Å²) in [5.41, 5.74) is 0.678. The van der Waals surface area contributed by atoms with E-state index in [1.54, 1.807) is 19.1 Å². The van der Waals surface area contributed by atoms with Crippen molar-refractivity contribution in [3.63, 3.8) is 0 Å². The maximum Gasteiger partial charge on any atom is 0.246 e. The summed E-state index contributed by atoms with van der Waals surface area (Å²) >= 11 is 0. The first-order chi connectivity index (χ1) is 9.77. The zero-order valence-corrected chi connectivity index (χ0v) is 12.5. The van der Waals surface area contributed by atoms with Gasteiger partial charge >= 0.3 is 0 Å². The fourth-order valence-corrected chi connectivity index (χ4v) is 1.86. The normalized spacial score (nSPS) is 11.5. The second-order valence-corrected chi connectivity index (χ2v) is 5.92. The molecule has 1 aromatic carbocycles. The Morgan fingerprint density at radius 3 is 2.71 bits per heavy atom. The molecule has 0 fully saturated rings. The van der Waals surface area contributed by atoms with E-state index in [1.165, 1.54) is 10.7 Å². The number of amides is 1. The molecule has 1 aromatic heterocycles. The first-order valence-corrected chi connectivity index (χ1v) is 6.60. The summed E-state index contributed by atoms with van der Waals surface area (Å²) in [4.78, 5) is 12.0. The van der Waals surface area contributed by atoms with Crippen LogP contribution in [-0.4, -0.2) is 26.1 Å². The number of hydrogen-bond donors (Lipinski definition) is 1. The van der Waals surface area contributed by atoms with Crippen LogP contribution in [0.4, 0.5) is 10.1 Å². The predicted octanol–water partition coefficient (Wildman–Crippen LogP) is 2.06. The summed E-state index contributed by atoms with van der Waals surface area (Å²) in [7, 11) is 0. The van der Waals surface area contributed by atoms with E-state index in [-0.39, 0.29) is 23.7 Å². The highest BCUT2D eigenvalue weighted by Gasteiger charge is 2.23. The molecule has 1 heterocycles. The average molecular weight is 291 g/mol. The fraction of sp³-hybridized carbons (Fsp3) is 0.429. The summed E-state index contributed by atoms with van der Waals surface area (Å²) in [5.74, 6) is -0.0469. The van der Waals surface area contributed by atoms with Gasteiger partial charge in [0.25, 0.3) is 0 Å². The van der Waals surface area contributed by atoms with Crippen LogP contribution < -0.4 is 5.32 Å². The fourth-order valence-electron chi connectivity index (χ4n) is 1.86. The summed E-state index contributed by atoms with van der Waals surface area (Å²) in [6.45, 7) is 7.53. The number of halogens is 1. The molecule has 0 spiro atoms. The maximum absolute atomic E-state index is 13.4. The minimum absolute atomic E-state index is 0.0188. The molecule has 6 nitrogen and oxygen atoms in total. The van der Waals surface area contributed by atoms with Crippen LogP contribution in [0.3, 0.4) is 0 Å². The van der Waals surface area contributed by atoms with E-state index < -0.39 is 0 Å². The van der Waals surface area contributed by atoms with Crippen molar-refractivity contribution in [1.82, 2.24) is 20.2 Å². The highest BCUT2D eigenvalue weighted by molar-refractivity contribution is 5.90. The molecule has 0 aliphatic carbocycles. The minimum atomic E-state index is -0.356. The van der Waals surface area contributed by atoms with Gasteiger partial charge in [-0.25, -0.2) is 9.07 Å². The Labute approximate surface area is 122 Å². The molecule has 0 radical (unpaired) electrons. The molecule has 0 aliphatic heterocycles. The zero-order valence-electron chi connectivity index (χ0n) is 12.5. The van der Waals surface area contributed by atoms with E-state index in [4.69, 9.17) is 0 Å². The molecule has 0 unspecified atom stereocenters. The van der Waals surface area contributed by atoms with E-state index in [0.717, 1.165) is 0 Å². The smallest absolute Gasteiger partial charge is 0.246 e. The van der Waals surface area contributed by atoms with Gasteiger partial charge in [0.15, 0.2) is 5.82 Å². The van der Waals surface area contributed by atoms with E-state index in [2.05, 4.69) is 20.8 Å². The highest BCUT2D eigenvalue weighted by Crippen LogP contribution is 2.18. The number of tetrazole rings is 1. The van der Waals surface area contributed by atoms with E-state index in [1.807, 2.05) is 20.8 Å². The van der Waals surface area contributed by atoms with Crippen molar-refractivity contribution in [3.05, 3.63) is 35.4 Å². The summed E-state index contributed by atoms with van der Waals surface area (Å²) in [6.07, 6.45) is 0. The molecule has 21 heavy (non-hydrogen) atoms. The Balaban J connectivity index is 2.09. The maximum atomic E-state index is 13.4. The lowest BCUT2D eigenvalue weighted by molar-refractivity contribution is -0.117.